The fourth-order valence-corrected chi connectivity index (χ4v) is 1.49. The van der Waals surface area contributed by atoms with Gasteiger partial charge in [0.15, 0.2) is 5.78 Å². The van der Waals surface area contributed by atoms with Crippen molar-refractivity contribution in [2.24, 2.45) is 0 Å². The monoisotopic (exact) mass is 202 g/mol. The van der Waals surface area contributed by atoms with Crippen molar-refractivity contribution >= 4 is 11.4 Å². The summed E-state index contributed by atoms with van der Waals surface area (Å²) in [5.74, 6) is 0.143. The van der Waals surface area contributed by atoms with Crippen molar-refractivity contribution in [2.75, 3.05) is 0 Å². The summed E-state index contributed by atoms with van der Waals surface area (Å²) in [6.07, 6.45) is 3.16. The molecule has 0 unspecified atom stereocenters. The van der Waals surface area contributed by atoms with Crippen molar-refractivity contribution in [3.8, 4) is 5.75 Å². The molecule has 2 N–H and O–H groups in total. The third-order valence-corrected chi connectivity index (χ3v) is 2.26. The van der Waals surface area contributed by atoms with Crippen molar-refractivity contribution in [3.05, 3.63) is 47.7 Å². The van der Waals surface area contributed by atoms with Gasteiger partial charge in [0.05, 0.1) is 12.2 Å². The second kappa shape index (κ2) is 3.61. The van der Waals surface area contributed by atoms with Gasteiger partial charge in [0.2, 0.25) is 0 Å². The van der Waals surface area contributed by atoms with Crippen molar-refractivity contribution in [1.29, 1.82) is 0 Å². The largest absolute Gasteiger partial charge is 0.512 e. The van der Waals surface area contributed by atoms with Crippen LogP contribution in [0.3, 0.4) is 0 Å². The first-order valence-electron chi connectivity index (χ1n) is 4.59. The van der Waals surface area contributed by atoms with Gasteiger partial charge >= 0.3 is 0 Å². The molecular formula is C12H10O3. The molecule has 3 heteroatoms. The van der Waals surface area contributed by atoms with Crippen LogP contribution in [0.25, 0.3) is 5.57 Å². The van der Waals surface area contributed by atoms with E-state index >= 15 is 0 Å². The zero-order chi connectivity index (χ0) is 10.8. The molecule has 0 amide bonds. The molecule has 0 heterocycles. The predicted molar refractivity (Wildman–Crippen MR) is 56.4 cm³/mol. The Kier molecular flexibility index (Phi) is 2.29. The van der Waals surface area contributed by atoms with Crippen LogP contribution in [0, 0.1) is 0 Å². The van der Waals surface area contributed by atoms with Crippen LogP contribution >= 0.6 is 0 Å². The molecule has 0 aromatic heterocycles. The molecular weight excluding hydrogens is 192 g/mol. The zero-order valence-electron chi connectivity index (χ0n) is 7.97. The van der Waals surface area contributed by atoms with Gasteiger partial charge in [0.25, 0.3) is 0 Å². The van der Waals surface area contributed by atoms with E-state index in [2.05, 4.69) is 0 Å². The minimum Gasteiger partial charge on any atom is -0.512 e. The molecule has 15 heavy (non-hydrogen) atoms. The summed E-state index contributed by atoms with van der Waals surface area (Å²) in [6, 6.07) is 6.41. The van der Waals surface area contributed by atoms with Gasteiger partial charge < -0.3 is 10.2 Å². The third-order valence-electron chi connectivity index (χ3n) is 2.26. The van der Waals surface area contributed by atoms with Gasteiger partial charge in [-0.05, 0) is 29.8 Å². The van der Waals surface area contributed by atoms with Gasteiger partial charge in [-0.2, -0.15) is 0 Å². The SMILES string of the molecule is O=C1CC(O)=CC=C1c1ccc(O)cc1. The first-order valence-corrected chi connectivity index (χ1v) is 4.59. The first-order chi connectivity index (χ1) is 7.16. The van der Waals surface area contributed by atoms with E-state index in [0.29, 0.717) is 5.57 Å². The van der Waals surface area contributed by atoms with Crippen LogP contribution in [0.1, 0.15) is 12.0 Å². The van der Waals surface area contributed by atoms with Gasteiger partial charge in [-0.3, -0.25) is 4.79 Å². The number of carbonyl (C=O) groups is 1. The normalized spacial score (nSPS) is 15.9. The lowest BCUT2D eigenvalue weighted by Crippen LogP contribution is -2.06. The second-order valence-electron chi connectivity index (χ2n) is 3.39. The number of phenols is 1. The summed E-state index contributed by atoms with van der Waals surface area (Å²) in [4.78, 5) is 11.6. The number of aromatic hydroxyl groups is 1. The summed E-state index contributed by atoms with van der Waals surface area (Å²) in [7, 11) is 0. The number of carbonyl (C=O) groups excluding carboxylic acids is 1. The Morgan fingerprint density at radius 2 is 1.67 bits per heavy atom. The molecule has 3 nitrogen and oxygen atoms in total. The smallest absolute Gasteiger partial charge is 0.170 e. The maximum absolute atomic E-state index is 11.6. The first kappa shape index (κ1) is 9.52. The van der Waals surface area contributed by atoms with Gasteiger partial charge in [0, 0.05) is 5.57 Å². The van der Waals surface area contributed by atoms with Crippen molar-refractivity contribution in [2.45, 2.75) is 6.42 Å². The maximum atomic E-state index is 11.6. The van der Waals surface area contributed by atoms with E-state index in [4.69, 9.17) is 10.2 Å². The van der Waals surface area contributed by atoms with Gasteiger partial charge in [-0.15, -0.1) is 0 Å². The van der Waals surface area contributed by atoms with Crippen molar-refractivity contribution in [1.82, 2.24) is 0 Å². The fraction of sp³-hybridized carbons (Fsp3) is 0.0833. The number of Topliss-reactive ketones (excluding diaryl/α,β-unsaturated/α-hetero) is 1. The van der Waals surface area contributed by atoms with Crippen molar-refractivity contribution < 1.29 is 15.0 Å². The number of hydrogen-bond donors (Lipinski definition) is 2. The standard InChI is InChI=1S/C12H10O3/c13-9-3-1-8(2-4-9)11-6-5-10(14)7-12(11)15/h1-6,13-14H,7H2. The van der Waals surface area contributed by atoms with Gasteiger partial charge in [-0.25, -0.2) is 0 Å². The lowest BCUT2D eigenvalue weighted by Gasteiger charge is -2.10. The molecule has 0 atom stereocenters. The number of aliphatic hydroxyl groups excluding tert-OH is 1. The third kappa shape index (κ3) is 1.91. The van der Waals surface area contributed by atoms with E-state index in [1.807, 2.05) is 0 Å². The molecule has 0 bridgehead atoms. The molecule has 0 aliphatic heterocycles. The highest BCUT2D eigenvalue weighted by Crippen LogP contribution is 2.24. The number of benzene rings is 1. The number of ketones is 1. The number of hydrogen-bond acceptors (Lipinski definition) is 3. The summed E-state index contributed by atoms with van der Waals surface area (Å²) in [5.41, 5.74) is 1.31. The van der Waals surface area contributed by atoms with Gasteiger partial charge in [-0.1, -0.05) is 12.1 Å². The maximum Gasteiger partial charge on any atom is 0.170 e. The second-order valence-corrected chi connectivity index (χ2v) is 3.39. The molecule has 0 spiro atoms. The summed E-state index contributed by atoms with van der Waals surface area (Å²) in [6.45, 7) is 0. The highest BCUT2D eigenvalue weighted by Gasteiger charge is 2.16. The van der Waals surface area contributed by atoms with Crippen LogP contribution in [0.5, 0.6) is 5.75 Å². The molecule has 1 aliphatic rings. The average molecular weight is 202 g/mol. The number of allylic oxidation sites excluding steroid dienone is 4. The van der Waals surface area contributed by atoms with E-state index in [-0.39, 0.29) is 23.7 Å². The van der Waals surface area contributed by atoms with Crippen LogP contribution in [0.4, 0.5) is 0 Å². The molecule has 0 radical (unpaired) electrons. The summed E-state index contributed by atoms with van der Waals surface area (Å²) >= 11 is 0. The summed E-state index contributed by atoms with van der Waals surface area (Å²) in [5, 5.41) is 18.3. The Morgan fingerprint density at radius 1 is 1.00 bits per heavy atom. The Bertz CT molecular complexity index is 452. The molecule has 0 fully saturated rings. The molecule has 1 aromatic rings. The highest BCUT2D eigenvalue weighted by molar-refractivity contribution is 6.22. The minimum absolute atomic E-state index is 0.0483. The van der Waals surface area contributed by atoms with Gasteiger partial charge in [0.1, 0.15) is 5.75 Å². The van der Waals surface area contributed by atoms with E-state index < -0.39 is 0 Å². The number of phenolic OH excluding ortho intramolecular Hbond substituents is 1. The number of aliphatic hydroxyl groups is 1. The van der Waals surface area contributed by atoms with Crippen LogP contribution in [0.15, 0.2) is 42.2 Å². The van der Waals surface area contributed by atoms with Crippen LogP contribution in [-0.2, 0) is 4.79 Å². The molecule has 1 aromatic carbocycles. The van der Waals surface area contributed by atoms with Crippen molar-refractivity contribution in [3.63, 3.8) is 0 Å². The molecule has 0 saturated carbocycles. The topological polar surface area (TPSA) is 57.5 Å². The molecule has 1 aliphatic carbocycles. The van der Waals surface area contributed by atoms with Crippen LogP contribution in [-0.4, -0.2) is 16.0 Å². The quantitative estimate of drug-likeness (QED) is 0.733. The lowest BCUT2D eigenvalue weighted by molar-refractivity contribution is -0.113. The Balaban J connectivity index is 2.39. The summed E-state index contributed by atoms with van der Waals surface area (Å²) < 4.78 is 0. The average Bonchev–Trinajstić information content (AvgIpc) is 2.20. The minimum atomic E-state index is -0.110. The van der Waals surface area contributed by atoms with Crippen LogP contribution in [0.2, 0.25) is 0 Å². The molecule has 2 rings (SSSR count). The lowest BCUT2D eigenvalue weighted by atomic mass is 9.95. The number of rotatable bonds is 1. The van der Waals surface area contributed by atoms with E-state index in [1.165, 1.54) is 18.2 Å². The Morgan fingerprint density at radius 3 is 2.27 bits per heavy atom. The Hall–Kier alpha value is -2.03. The predicted octanol–water partition coefficient (Wildman–Crippen LogP) is 2.19. The highest BCUT2D eigenvalue weighted by atomic mass is 16.3. The zero-order valence-corrected chi connectivity index (χ0v) is 7.97. The Labute approximate surface area is 87.0 Å². The van der Waals surface area contributed by atoms with E-state index in [1.54, 1.807) is 18.2 Å². The fourth-order valence-electron chi connectivity index (χ4n) is 1.49. The van der Waals surface area contributed by atoms with E-state index in [0.717, 1.165) is 5.56 Å². The molecule has 0 saturated heterocycles. The van der Waals surface area contributed by atoms with E-state index in [9.17, 15) is 4.79 Å². The van der Waals surface area contributed by atoms with Crippen LogP contribution < -0.4 is 0 Å². The molecule has 76 valence electrons.